The van der Waals surface area contributed by atoms with E-state index in [1.54, 1.807) is 20.5 Å². The summed E-state index contributed by atoms with van der Waals surface area (Å²) < 4.78 is 10.9. The molecule has 0 atom stereocenters. The SMILES string of the molecule is COc1cc2ncnc(N3CCc4ccc(C#C[Si](C)(C)C)cc43)c2cc1OC. The highest BCUT2D eigenvalue weighted by molar-refractivity contribution is 6.83. The molecule has 0 saturated heterocycles. The summed E-state index contributed by atoms with van der Waals surface area (Å²) >= 11 is 0. The summed E-state index contributed by atoms with van der Waals surface area (Å²) in [6, 6.07) is 10.4. The van der Waals surface area contributed by atoms with Crippen LogP contribution in [0.2, 0.25) is 19.6 Å². The van der Waals surface area contributed by atoms with Gasteiger partial charge in [-0.2, -0.15) is 0 Å². The molecule has 0 spiro atoms. The minimum Gasteiger partial charge on any atom is -0.493 e. The Labute approximate surface area is 172 Å². The molecule has 0 radical (unpaired) electrons. The van der Waals surface area contributed by atoms with Gasteiger partial charge in [-0.15, -0.1) is 5.54 Å². The number of fused-ring (bicyclic) bond motifs is 2. The van der Waals surface area contributed by atoms with Gasteiger partial charge in [-0.25, -0.2) is 9.97 Å². The second-order valence-corrected chi connectivity index (χ2v) is 12.9. The molecule has 1 aliphatic rings. The molecule has 0 fully saturated rings. The van der Waals surface area contributed by atoms with Crippen molar-refractivity contribution < 1.29 is 9.47 Å². The van der Waals surface area contributed by atoms with Crippen LogP contribution in [0.5, 0.6) is 11.5 Å². The Kier molecular flexibility index (Phi) is 4.93. The first kappa shape index (κ1) is 19.3. The lowest BCUT2D eigenvalue weighted by atomic mass is 10.1. The Hall–Kier alpha value is -3.04. The summed E-state index contributed by atoms with van der Waals surface area (Å²) in [5.74, 6) is 5.59. The number of methoxy groups -OCH3 is 2. The standard InChI is InChI=1S/C23H25N3O2Si/c1-27-21-13-18-19(14-22(21)28-2)24-15-25-23(18)26-10-8-17-7-6-16(12-20(17)26)9-11-29(3,4)5/h6-7,12-15H,8,10H2,1-5H3. The first-order chi connectivity index (χ1) is 13.9. The van der Waals surface area contributed by atoms with E-state index in [2.05, 4.69) is 64.2 Å². The Morgan fingerprint density at radius 1 is 1.00 bits per heavy atom. The van der Waals surface area contributed by atoms with Crippen molar-refractivity contribution in [2.24, 2.45) is 0 Å². The summed E-state index contributed by atoms with van der Waals surface area (Å²) in [6.45, 7) is 7.65. The molecule has 29 heavy (non-hydrogen) atoms. The topological polar surface area (TPSA) is 47.5 Å². The van der Waals surface area contributed by atoms with Gasteiger partial charge in [0, 0.05) is 29.2 Å². The molecule has 1 aromatic heterocycles. The first-order valence-electron chi connectivity index (χ1n) is 9.70. The van der Waals surface area contributed by atoms with Crippen LogP contribution in [-0.4, -0.2) is 38.8 Å². The smallest absolute Gasteiger partial charge is 0.162 e. The first-order valence-corrected chi connectivity index (χ1v) is 13.2. The third kappa shape index (κ3) is 3.78. The fourth-order valence-electron chi connectivity index (χ4n) is 3.52. The van der Waals surface area contributed by atoms with E-state index < -0.39 is 8.07 Å². The van der Waals surface area contributed by atoms with Gasteiger partial charge in [0.05, 0.1) is 19.7 Å². The molecule has 0 saturated carbocycles. The van der Waals surface area contributed by atoms with Crippen molar-refractivity contribution in [2.45, 2.75) is 26.1 Å². The van der Waals surface area contributed by atoms with Crippen LogP contribution in [0.25, 0.3) is 10.9 Å². The van der Waals surface area contributed by atoms with Crippen LogP contribution in [-0.2, 0) is 6.42 Å². The molecule has 3 aromatic rings. The van der Waals surface area contributed by atoms with Gasteiger partial charge < -0.3 is 14.4 Å². The van der Waals surface area contributed by atoms with Crippen LogP contribution in [0.1, 0.15) is 11.1 Å². The Morgan fingerprint density at radius 3 is 2.48 bits per heavy atom. The minimum atomic E-state index is -1.42. The van der Waals surface area contributed by atoms with Crippen LogP contribution in [0.15, 0.2) is 36.7 Å². The van der Waals surface area contributed by atoms with E-state index in [1.165, 1.54) is 11.3 Å². The van der Waals surface area contributed by atoms with Gasteiger partial charge >= 0.3 is 0 Å². The van der Waals surface area contributed by atoms with Crippen molar-refractivity contribution in [2.75, 3.05) is 25.7 Å². The maximum absolute atomic E-state index is 5.50. The number of aromatic nitrogens is 2. The van der Waals surface area contributed by atoms with Crippen molar-refractivity contribution in [1.29, 1.82) is 0 Å². The van der Waals surface area contributed by atoms with Crippen LogP contribution in [0.4, 0.5) is 11.5 Å². The maximum Gasteiger partial charge on any atom is 0.162 e. The predicted octanol–water partition coefficient (Wildman–Crippen LogP) is 4.57. The van der Waals surface area contributed by atoms with Crippen molar-refractivity contribution >= 4 is 30.5 Å². The van der Waals surface area contributed by atoms with Gasteiger partial charge in [0.1, 0.15) is 20.2 Å². The molecule has 0 bridgehead atoms. The number of nitrogens with zero attached hydrogens (tertiary/aromatic N) is 3. The minimum absolute atomic E-state index is 0.662. The predicted molar refractivity (Wildman–Crippen MR) is 120 cm³/mol. The monoisotopic (exact) mass is 403 g/mol. The number of ether oxygens (including phenoxy) is 2. The van der Waals surface area contributed by atoms with Crippen LogP contribution < -0.4 is 14.4 Å². The number of anilines is 2. The molecule has 2 heterocycles. The lowest BCUT2D eigenvalue weighted by Crippen LogP contribution is -2.16. The molecular weight excluding hydrogens is 378 g/mol. The van der Waals surface area contributed by atoms with Gasteiger partial charge in [0.15, 0.2) is 11.5 Å². The second kappa shape index (κ2) is 7.41. The molecule has 0 unspecified atom stereocenters. The van der Waals surface area contributed by atoms with E-state index in [0.29, 0.717) is 11.5 Å². The zero-order valence-electron chi connectivity index (χ0n) is 17.5. The van der Waals surface area contributed by atoms with E-state index in [9.17, 15) is 0 Å². The van der Waals surface area contributed by atoms with Gasteiger partial charge in [0.25, 0.3) is 0 Å². The average molecular weight is 404 g/mol. The van der Waals surface area contributed by atoms with Crippen molar-refractivity contribution in [3.63, 3.8) is 0 Å². The number of hydrogen-bond acceptors (Lipinski definition) is 5. The van der Waals surface area contributed by atoms with Crippen molar-refractivity contribution in [3.05, 3.63) is 47.8 Å². The molecule has 6 heteroatoms. The zero-order chi connectivity index (χ0) is 20.6. The third-order valence-corrected chi connectivity index (χ3v) is 5.81. The van der Waals surface area contributed by atoms with Crippen molar-refractivity contribution in [3.8, 4) is 23.0 Å². The van der Waals surface area contributed by atoms with Crippen LogP contribution in [0, 0.1) is 11.5 Å². The number of hydrogen-bond donors (Lipinski definition) is 0. The van der Waals surface area contributed by atoms with E-state index >= 15 is 0 Å². The second-order valence-electron chi connectivity index (χ2n) is 8.17. The van der Waals surface area contributed by atoms with Crippen LogP contribution >= 0.6 is 0 Å². The number of benzene rings is 2. The highest BCUT2D eigenvalue weighted by Gasteiger charge is 2.24. The van der Waals surface area contributed by atoms with E-state index in [4.69, 9.17) is 9.47 Å². The summed E-state index contributed by atoms with van der Waals surface area (Å²) in [5.41, 5.74) is 7.82. The summed E-state index contributed by atoms with van der Waals surface area (Å²) in [4.78, 5) is 11.3. The quantitative estimate of drug-likeness (QED) is 0.474. The van der Waals surface area contributed by atoms with Gasteiger partial charge in [-0.05, 0) is 30.2 Å². The molecule has 5 nitrogen and oxygen atoms in total. The largest absolute Gasteiger partial charge is 0.493 e. The lowest BCUT2D eigenvalue weighted by molar-refractivity contribution is 0.356. The fraction of sp³-hybridized carbons (Fsp3) is 0.304. The maximum atomic E-state index is 5.50. The summed E-state index contributed by atoms with van der Waals surface area (Å²) in [7, 11) is 1.85. The molecule has 0 amide bonds. The Balaban J connectivity index is 1.82. The van der Waals surface area contributed by atoms with E-state index in [0.717, 1.165) is 35.2 Å². The van der Waals surface area contributed by atoms with Crippen molar-refractivity contribution in [1.82, 2.24) is 9.97 Å². The molecule has 0 N–H and O–H groups in total. The lowest BCUT2D eigenvalue weighted by Gasteiger charge is -2.21. The zero-order valence-corrected chi connectivity index (χ0v) is 18.5. The molecule has 0 aliphatic carbocycles. The molecular formula is C23H25N3O2Si. The summed E-state index contributed by atoms with van der Waals surface area (Å²) in [5, 5.41) is 0.941. The highest BCUT2D eigenvalue weighted by Crippen LogP contribution is 2.40. The van der Waals surface area contributed by atoms with Gasteiger partial charge in [0.2, 0.25) is 0 Å². The fourth-order valence-corrected chi connectivity index (χ4v) is 4.04. The molecule has 2 aromatic carbocycles. The Morgan fingerprint density at radius 2 is 1.76 bits per heavy atom. The normalized spacial score (nSPS) is 13.1. The molecule has 4 rings (SSSR count). The van der Waals surface area contributed by atoms with Crippen LogP contribution in [0.3, 0.4) is 0 Å². The van der Waals surface area contributed by atoms with Gasteiger partial charge in [-0.3, -0.25) is 0 Å². The van der Waals surface area contributed by atoms with E-state index in [1.807, 2.05) is 12.1 Å². The average Bonchev–Trinajstić information content (AvgIpc) is 3.13. The summed E-state index contributed by atoms with van der Waals surface area (Å²) in [6.07, 6.45) is 2.59. The molecule has 1 aliphatic heterocycles. The Bertz CT molecular complexity index is 1140. The number of rotatable bonds is 3. The highest BCUT2D eigenvalue weighted by atomic mass is 28.3. The van der Waals surface area contributed by atoms with E-state index in [-0.39, 0.29) is 0 Å². The van der Waals surface area contributed by atoms with Gasteiger partial charge in [-0.1, -0.05) is 31.6 Å². The third-order valence-electron chi connectivity index (χ3n) is 4.94. The molecule has 148 valence electrons.